The van der Waals surface area contributed by atoms with Gasteiger partial charge in [0.25, 0.3) is 0 Å². The topological polar surface area (TPSA) is 0 Å². The molecule has 0 atom stereocenters. The van der Waals surface area contributed by atoms with Gasteiger partial charge in [-0.15, -0.1) is 0 Å². The highest BCUT2D eigenvalue weighted by Crippen LogP contribution is 2.46. The van der Waals surface area contributed by atoms with E-state index in [4.69, 9.17) is 9.60 Å². The summed E-state index contributed by atoms with van der Waals surface area (Å²) in [5.41, 5.74) is 0.718. The van der Waals surface area contributed by atoms with E-state index in [0.29, 0.717) is 16.5 Å². The maximum absolute atomic E-state index is 9.98. The third-order valence-corrected chi connectivity index (χ3v) is 7.37. The Morgan fingerprint density at radius 2 is 0.900 bits per heavy atom. The maximum atomic E-state index is 9.98. The van der Waals surface area contributed by atoms with Crippen LogP contribution in [0.15, 0.2) is 157 Å². The van der Waals surface area contributed by atoms with Gasteiger partial charge in [-0.25, -0.2) is 0 Å². The first kappa shape index (κ1) is 13.7. The summed E-state index contributed by atoms with van der Waals surface area (Å²) < 4.78 is 108. The Bertz CT molecular complexity index is 2840. The van der Waals surface area contributed by atoms with Crippen LogP contribution in [-0.2, 0) is 0 Å². The number of hydrogen-bond donors (Lipinski definition) is 0. The normalized spacial score (nSPS) is 15.7. The zero-order valence-electron chi connectivity index (χ0n) is 33.1. The van der Waals surface area contributed by atoms with Gasteiger partial charge in [-0.2, -0.15) is 0 Å². The first-order valence-electron chi connectivity index (χ1n) is 18.9. The van der Waals surface area contributed by atoms with Gasteiger partial charge >= 0.3 is 0 Å². The van der Waals surface area contributed by atoms with Crippen LogP contribution in [0.3, 0.4) is 0 Å². The van der Waals surface area contributed by atoms with Crippen molar-refractivity contribution in [1.82, 2.24) is 0 Å². The molecule has 0 aliphatic heterocycles. The molecule has 0 heteroatoms. The molecule has 8 aromatic carbocycles. The lowest BCUT2D eigenvalue weighted by Gasteiger charge is -2.20. The fourth-order valence-corrected chi connectivity index (χ4v) is 5.63. The fourth-order valence-electron chi connectivity index (χ4n) is 5.63. The second-order valence-electron chi connectivity index (χ2n) is 9.55. The van der Waals surface area contributed by atoms with E-state index in [1.807, 2.05) is 60.7 Å². The average molecular weight is 519 g/mol. The van der Waals surface area contributed by atoms with Crippen LogP contribution < -0.4 is 0 Å². The Kier molecular flexibility index (Phi) is 3.17. The summed E-state index contributed by atoms with van der Waals surface area (Å²) in [5.74, 6) is 0. The number of fused-ring (bicyclic) bond motifs is 4. The van der Waals surface area contributed by atoms with E-state index in [2.05, 4.69) is 0 Å². The molecular formula is C40H26. The van der Waals surface area contributed by atoms with Crippen LogP contribution in [0.5, 0.6) is 0 Å². The van der Waals surface area contributed by atoms with Crippen LogP contribution in [0.2, 0.25) is 0 Å². The monoisotopic (exact) mass is 518 g/mol. The second kappa shape index (κ2) is 9.22. The van der Waals surface area contributed by atoms with Gasteiger partial charge in [0, 0.05) is 0 Å². The lowest BCUT2D eigenvalue weighted by atomic mass is 9.83. The molecule has 0 spiro atoms. The van der Waals surface area contributed by atoms with Crippen molar-refractivity contribution in [2.75, 3.05) is 0 Å². The van der Waals surface area contributed by atoms with E-state index < -0.39 is 60.4 Å². The molecule has 0 nitrogen and oxygen atoms in total. The Labute approximate surface area is 250 Å². The molecular weight excluding hydrogens is 480 g/mol. The molecule has 0 aliphatic carbocycles. The molecule has 40 heavy (non-hydrogen) atoms. The van der Waals surface area contributed by atoms with Crippen LogP contribution in [-0.4, -0.2) is 0 Å². The minimum Gasteiger partial charge on any atom is -0.0622 e. The van der Waals surface area contributed by atoms with Crippen molar-refractivity contribution in [2.45, 2.75) is 0 Å². The molecule has 0 aliphatic rings. The Morgan fingerprint density at radius 1 is 0.350 bits per heavy atom. The predicted octanol–water partition coefficient (Wildman–Crippen LogP) is 11.3. The lowest BCUT2D eigenvalue weighted by Crippen LogP contribution is -1.92. The van der Waals surface area contributed by atoms with E-state index in [1.54, 1.807) is 24.3 Å². The quantitative estimate of drug-likeness (QED) is 0.204. The van der Waals surface area contributed by atoms with E-state index in [9.17, 15) is 6.85 Å². The maximum Gasteiger partial charge on any atom is 0.0636 e. The molecule has 0 bridgehead atoms. The van der Waals surface area contributed by atoms with Crippen LogP contribution in [0, 0.1) is 0 Å². The van der Waals surface area contributed by atoms with Gasteiger partial charge in [-0.1, -0.05) is 151 Å². The van der Waals surface area contributed by atoms with Crippen LogP contribution >= 0.6 is 0 Å². The third kappa shape index (κ3) is 3.54. The molecule has 0 saturated heterocycles. The first-order chi connectivity index (χ1) is 24.9. The molecule has 0 N–H and O–H groups in total. The standard InChI is InChI=1S/C40H26/c1-2-14-29(15-3-1)39-35-20-8-9-21-36(35)40(34-23-11-17-28-13-5-7-19-32(28)34)38-26-30(24-25-37(38)39)33-22-10-16-27-12-4-6-18-31(27)33/h1-26H/i1D,2D,3D,8D,9D,14D,15D,20D,21D,24D,25D,26D. The zero-order valence-corrected chi connectivity index (χ0v) is 21.1. The summed E-state index contributed by atoms with van der Waals surface area (Å²) in [5, 5.41) is 2.79. The molecule has 0 saturated carbocycles. The van der Waals surface area contributed by atoms with Crippen molar-refractivity contribution in [2.24, 2.45) is 0 Å². The summed E-state index contributed by atoms with van der Waals surface area (Å²) >= 11 is 0. The van der Waals surface area contributed by atoms with Gasteiger partial charge in [0.2, 0.25) is 0 Å². The SMILES string of the molecule is [2H]c1c([2H])c([2H])c(-c2c3c([2H])c([2H])c([2H])c([2H])c3c(-c3cccc4ccccc34)c3c([2H])c(-c4cccc5ccccc45)c([2H])c([2H])c23)c([2H])c1[2H]. The highest BCUT2D eigenvalue weighted by molar-refractivity contribution is 6.24. The molecule has 0 heterocycles. The summed E-state index contributed by atoms with van der Waals surface area (Å²) in [6, 6.07) is 19.3. The Morgan fingerprint density at radius 3 is 1.62 bits per heavy atom. The van der Waals surface area contributed by atoms with Crippen molar-refractivity contribution < 1.29 is 16.4 Å². The minimum absolute atomic E-state index is 0.0360. The highest BCUT2D eigenvalue weighted by atomic mass is 14.2. The zero-order chi connectivity index (χ0) is 36.9. The van der Waals surface area contributed by atoms with Crippen molar-refractivity contribution in [3.05, 3.63) is 157 Å². The van der Waals surface area contributed by atoms with E-state index >= 15 is 0 Å². The largest absolute Gasteiger partial charge is 0.0636 e. The summed E-state index contributed by atoms with van der Waals surface area (Å²) in [6.45, 7) is 0. The minimum atomic E-state index is -0.674. The van der Waals surface area contributed by atoms with E-state index in [-0.39, 0.29) is 55.9 Å². The molecule has 0 amide bonds. The molecule has 0 fully saturated rings. The average Bonchev–Trinajstić information content (AvgIpc) is 3.16. The summed E-state index contributed by atoms with van der Waals surface area (Å²) in [6.07, 6.45) is 0. The van der Waals surface area contributed by atoms with Crippen molar-refractivity contribution in [1.29, 1.82) is 0 Å². The second-order valence-corrected chi connectivity index (χ2v) is 9.55. The molecule has 186 valence electrons. The van der Waals surface area contributed by atoms with Crippen LogP contribution in [0.1, 0.15) is 16.4 Å². The fraction of sp³-hybridized carbons (Fsp3) is 0. The van der Waals surface area contributed by atoms with Crippen molar-refractivity contribution in [3.8, 4) is 33.4 Å². The molecule has 0 unspecified atom stereocenters. The van der Waals surface area contributed by atoms with Gasteiger partial charge < -0.3 is 0 Å². The predicted molar refractivity (Wildman–Crippen MR) is 173 cm³/mol. The molecule has 0 aromatic heterocycles. The summed E-state index contributed by atoms with van der Waals surface area (Å²) in [7, 11) is 0. The van der Waals surface area contributed by atoms with Gasteiger partial charge in [0.1, 0.15) is 0 Å². The number of rotatable bonds is 3. The smallest absolute Gasteiger partial charge is 0.0622 e. The van der Waals surface area contributed by atoms with Crippen LogP contribution in [0.25, 0.3) is 76.5 Å². The lowest BCUT2D eigenvalue weighted by molar-refractivity contribution is 1.65. The summed E-state index contributed by atoms with van der Waals surface area (Å²) in [4.78, 5) is 0. The van der Waals surface area contributed by atoms with Crippen molar-refractivity contribution in [3.63, 3.8) is 0 Å². The molecule has 8 rings (SSSR count). The number of hydrogen-bond acceptors (Lipinski definition) is 0. The van der Waals surface area contributed by atoms with Crippen LogP contribution in [0.4, 0.5) is 0 Å². The Hall–Kier alpha value is -5.20. The third-order valence-electron chi connectivity index (χ3n) is 7.37. The first-order valence-corrected chi connectivity index (χ1v) is 12.9. The van der Waals surface area contributed by atoms with Crippen molar-refractivity contribution >= 4 is 43.1 Å². The van der Waals surface area contributed by atoms with Gasteiger partial charge in [-0.3, -0.25) is 0 Å². The van der Waals surface area contributed by atoms with Gasteiger partial charge in [0.15, 0.2) is 0 Å². The highest BCUT2D eigenvalue weighted by Gasteiger charge is 2.19. The Balaban J connectivity index is 1.76. The van der Waals surface area contributed by atoms with E-state index in [0.717, 1.165) is 16.2 Å². The number of benzene rings is 8. The molecule has 0 radical (unpaired) electrons. The molecule has 8 aromatic rings. The van der Waals surface area contributed by atoms with Gasteiger partial charge in [-0.05, 0) is 82.5 Å². The van der Waals surface area contributed by atoms with Gasteiger partial charge in [0.05, 0.1) is 16.4 Å². The van der Waals surface area contributed by atoms with E-state index in [1.165, 1.54) is 0 Å².